The first-order valence-corrected chi connectivity index (χ1v) is 10.9. The molecule has 0 saturated heterocycles. The number of aliphatic hydroxyl groups is 1. The van der Waals surface area contributed by atoms with E-state index in [1.807, 2.05) is 36.4 Å². The second-order valence-corrected chi connectivity index (χ2v) is 7.81. The summed E-state index contributed by atoms with van der Waals surface area (Å²) in [6.07, 6.45) is 5.66. The van der Waals surface area contributed by atoms with E-state index in [0.29, 0.717) is 23.6 Å². The van der Waals surface area contributed by atoms with Crippen molar-refractivity contribution in [3.05, 3.63) is 66.1 Å². The zero-order valence-corrected chi connectivity index (χ0v) is 19.4. The molecule has 4 aromatic rings. The third-order valence-corrected chi connectivity index (χ3v) is 5.68. The Morgan fingerprint density at radius 3 is 2.50 bits per heavy atom. The van der Waals surface area contributed by atoms with Crippen LogP contribution in [0.4, 0.5) is 0 Å². The van der Waals surface area contributed by atoms with E-state index in [4.69, 9.17) is 14.5 Å². The zero-order valence-electron chi connectivity index (χ0n) is 19.4. The first-order chi connectivity index (χ1) is 16.5. The number of methoxy groups -OCH3 is 2. The van der Waals surface area contributed by atoms with Crippen molar-refractivity contribution in [2.24, 2.45) is 0 Å². The Kier molecular flexibility index (Phi) is 7.03. The molecule has 2 aromatic heterocycles. The van der Waals surface area contributed by atoms with Gasteiger partial charge in [0, 0.05) is 37.4 Å². The van der Waals surface area contributed by atoms with E-state index in [0.717, 1.165) is 27.7 Å². The van der Waals surface area contributed by atoms with E-state index >= 15 is 0 Å². The Hall–Kier alpha value is -3.98. The minimum absolute atomic E-state index is 0.0263. The molecule has 2 N–H and O–H groups in total. The van der Waals surface area contributed by atoms with Crippen molar-refractivity contribution in [1.29, 1.82) is 0 Å². The molecule has 0 fully saturated rings. The number of nitrogens with zero attached hydrogens (tertiary/aromatic N) is 4. The molecule has 0 spiro atoms. The molecule has 9 nitrogen and oxygen atoms in total. The smallest absolute Gasteiger partial charge is 0.241 e. The third kappa shape index (κ3) is 4.99. The Labute approximate surface area is 197 Å². The van der Waals surface area contributed by atoms with Crippen LogP contribution in [-0.4, -0.2) is 58.6 Å². The Balaban J connectivity index is 1.71. The summed E-state index contributed by atoms with van der Waals surface area (Å²) in [5, 5.41) is 16.6. The van der Waals surface area contributed by atoms with Crippen molar-refractivity contribution in [3.63, 3.8) is 0 Å². The molecule has 0 saturated carbocycles. The molecule has 0 aliphatic heterocycles. The van der Waals surface area contributed by atoms with Gasteiger partial charge >= 0.3 is 0 Å². The quantitative estimate of drug-likeness (QED) is 0.394. The summed E-state index contributed by atoms with van der Waals surface area (Å²) in [6, 6.07) is 11.7. The number of aliphatic hydroxyl groups excluding tert-OH is 1. The number of amides is 1. The number of hydrogen-bond acceptors (Lipinski definition) is 7. The summed E-state index contributed by atoms with van der Waals surface area (Å²) >= 11 is 0. The number of benzene rings is 2. The second kappa shape index (κ2) is 10.3. The number of aromatic nitrogens is 4. The van der Waals surface area contributed by atoms with Crippen LogP contribution in [0.2, 0.25) is 0 Å². The number of ether oxygens (including phenoxy) is 2. The highest BCUT2D eigenvalue weighted by Crippen LogP contribution is 2.34. The van der Waals surface area contributed by atoms with Gasteiger partial charge in [0.05, 0.1) is 43.3 Å². The van der Waals surface area contributed by atoms with E-state index in [1.54, 1.807) is 44.5 Å². The van der Waals surface area contributed by atoms with E-state index in [2.05, 4.69) is 15.4 Å². The number of hydrogen-bond donors (Lipinski definition) is 2. The molecule has 2 aromatic carbocycles. The number of fused-ring (bicyclic) bond motifs is 1. The largest absolute Gasteiger partial charge is 0.497 e. The van der Waals surface area contributed by atoms with Gasteiger partial charge in [-0.2, -0.15) is 5.10 Å². The lowest BCUT2D eigenvalue weighted by atomic mass is 9.88. The predicted octanol–water partition coefficient (Wildman–Crippen LogP) is 2.77. The van der Waals surface area contributed by atoms with Crippen molar-refractivity contribution in [3.8, 4) is 22.8 Å². The van der Waals surface area contributed by atoms with Crippen LogP contribution in [0, 0.1) is 0 Å². The van der Waals surface area contributed by atoms with Crippen molar-refractivity contribution in [2.75, 3.05) is 27.9 Å². The van der Waals surface area contributed by atoms with Crippen molar-refractivity contribution in [2.45, 2.75) is 18.9 Å². The third-order valence-electron chi connectivity index (χ3n) is 5.68. The highest BCUT2D eigenvalue weighted by molar-refractivity contribution is 5.78. The Bertz CT molecular complexity index is 1280. The number of carbonyl (C=O) groups is 1. The highest BCUT2D eigenvalue weighted by atomic mass is 16.5. The molecule has 176 valence electrons. The van der Waals surface area contributed by atoms with E-state index in [1.165, 1.54) is 0 Å². The van der Waals surface area contributed by atoms with Crippen LogP contribution >= 0.6 is 0 Å². The summed E-state index contributed by atoms with van der Waals surface area (Å²) in [4.78, 5) is 21.0. The summed E-state index contributed by atoms with van der Waals surface area (Å²) in [5.41, 5.74) is 4.90. The van der Waals surface area contributed by atoms with Gasteiger partial charge in [-0.15, -0.1) is 0 Å². The molecule has 0 radical (unpaired) electrons. The van der Waals surface area contributed by atoms with Gasteiger partial charge in [-0.1, -0.05) is 6.07 Å². The van der Waals surface area contributed by atoms with Crippen LogP contribution in [-0.2, 0) is 11.3 Å². The van der Waals surface area contributed by atoms with Gasteiger partial charge in [0.15, 0.2) is 0 Å². The average molecular weight is 462 g/mol. The van der Waals surface area contributed by atoms with Crippen molar-refractivity contribution in [1.82, 2.24) is 25.1 Å². The lowest BCUT2D eigenvalue weighted by molar-refractivity contribution is -0.121. The summed E-state index contributed by atoms with van der Waals surface area (Å²) in [7, 11) is 4.82. The zero-order chi connectivity index (χ0) is 24.1. The maximum Gasteiger partial charge on any atom is 0.241 e. The maximum atomic E-state index is 11.6. The number of carbonyl (C=O) groups excluding carboxylic acids is 1. The molecule has 4 rings (SSSR count). The molecule has 0 bridgehead atoms. The first kappa shape index (κ1) is 23.2. The normalized spacial score (nSPS) is 11.9. The number of nitrogens with one attached hydrogen (secondary N) is 1. The molecular formula is C25H27N5O4. The molecule has 0 aliphatic carbocycles. The Morgan fingerprint density at radius 2 is 1.82 bits per heavy atom. The van der Waals surface area contributed by atoms with Gasteiger partial charge in [0.2, 0.25) is 5.91 Å². The van der Waals surface area contributed by atoms with Crippen molar-refractivity contribution < 1.29 is 19.4 Å². The molecule has 34 heavy (non-hydrogen) atoms. The minimum Gasteiger partial charge on any atom is -0.497 e. The lowest BCUT2D eigenvalue weighted by Crippen LogP contribution is -2.23. The van der Waals surface area contributed by atoms with Gasteiger partial charge < -0.3 is 19.9 Å². The minimum atomic E-state index is -0.131. The molecule has 0 aliphatic rings. The van der Waals surface area contributed by atoms with Crippen LogP contribution in [0.25, 0.3) is 22.3 Å². The molecule has 1 unspecified atom stereocenters. The van der Waals surface area contributed by atoms with Gasteiger partial charge in [-0.3, -0.25) is 14.5 Å². The summed E-state index contributed by atoms with van der Waals surface area (Å²) in [5.74, 6) is 1.16. The van der Waals surface area contributed by atoms with Crippen LogP contribution < -0.4 is 14.8 Å². The van der Waals surface area contributed by atoms with Gasteiger partial charge in [-0.05, 0) is 41.8 Å². The number of rotatable bonds is 9. The van der Waals surface area contributed by atoms with E-state index in [-0.39, 0.29) is 25.0 Å². The number of likely N-dealkylation sites (N-methyl/N-ethyl adjacent to an activating group) is 1. The summed E-state index contributed by atoms with van der Waals surface area (Å²) < 4.78 is 12.4. The predicted molar refractivity (Wildman–Crippen MR) is 128 cm³/mol. The topological polar surface area (TPSA) is 111 Å². The van der Waals surface area contributed by atoms with Crippen LogP contribution in [0.5, 0.6) is 11.5 Å². The van der Waals surface area contributed by atoms with Gasteiger partial charge in [0.25, 0.3) is 0 Å². The van der Waals surface area contributed by atoms with Crippen LogP contribution in [0.1, 0.15) is 23.5 Å². The molecular weight excluding hydrogens is 434 g/mol. The molecule has 2 heterocycles. The highest BCUT2D eigenvalue weighted by Gasteiger charge is 2.18. The van der Waals surface area contributed by atoms with Crippen molar-refractivity contribution >= 4 is 16.9 Å². The average Bonchev–Trinajstić information content (AvgIpc) is 3.34. The lowest BCUT2D eigenvalue weighted by Gasteiger charge is -2.19. The fourth-order valence-electron chi connectivity index (χ4n) is 3.88. The van der Waals surface area contributed by atoms with E-state index in [9.17, 15) is 9.90 Å². The Morgan fingerprint density at radius 1 is 1.06 bits per heavy atom. The van der Waals surface area contributed by atoms with Gasteiger partial charge in [0.1, 0.15) is 18.0 Å². The first-order valence-electron chi connectivity index (χ1n) is 10.9. The standard InChI is InChI=1S/C25H27N5O4/c1-26-25(32)15-30-14-18(12-28-30)24-13-27-22-5-4-16(10-23(22)29-24)21(6-7-31)17-8-19(33-2)11-20(9-17)34-3/h4-5,8-14,21,31H,6-7,15H2,1-3H3,(H,26,32). The SMILES string of the molecule is CNC(=O)Cn1cc(-c2cnc3ccc(C(CCO)c4cc(OC)cc(OC)c4)cc3n2)cn1. The monoisotopic (exact) mass is 461 g/mol. The fourth-order valence-corrected chi connectivity index (χ4v) is 3.88. The molecule has 1 atom stereocenters. The second-order valence-electron chi connectivity index (χ2n) is 7.81. The molecule has 1 amide bonds. The van der Waals surface area contributed by atoms with Gasteiger partial charge in [-0.25, -0.2) is 4.98 Å². The van der Waals surface area contributed by atoms with Crippen LogP contribution in [0.15, 0.2) is 55.0 Å². The van der Waals surface area contributed by atoms with E-state index < -0.39 is 0 Å². The molecule has 9 heteroatoms. The van der Waals surface area contributed by atoms with Crippen LogP contribution in [0.3, 0.4) is 0 Å². The maximum absolute atomic E-state index is 11.6. The fraction of sp³-hybridized carbons (Fsp3) is 0.280. The summed E-state index contributed by atoms with van der Waals surface area (Å²) in [6.45, 7) is 0.160.